The number of aromatic amines is 1. The number of pyridine rings is 1. The zero-order valence-corrected chi connectivity index (χ0v) is 16.0. The van der Waals surface area contributed by atoms with Crippen LogP contribution in [0, 0.1) is 0 Å². The molecule has 3 aromatic rings. The van der Waals surface area contributed by atoms with Crippen LogP contribution in [0.3, 0.4) is 0 Å². The lowest BCUT2D eigenvalue weighted by molar-refractivity contribution is 0.186. The van der Waals surface area contributed by atoms with Crippen molar-refractivity contribution in [1.29, 1.82) is 0 Å². The summed E-state index contributed by atoms with van der Waals surface area (Å²) in [6, 6.07) is 11.6. The van der Waals surface area contributed by atoms with Crippen LogP contribution in [-0.2, 0) is 18.5 Å². The fraction of sp³-hybridized carbons (Fsp3) is 0.286. The van der Waals surface area contributed by atoms with Gasteiger partial charge in [0.05, 0.1) is 17.8 Å². The predicted octanol–water partition coefficient (Wildman–Crippen LogP) is 3.88. The van der Waals surface area contributed by atoms with E-state index in [1.165, 1.54) is 0 Å². The maximum atomic E-state index is 13.0. The second kappa shape index (κ2) is 6.63. The van der Waals surface area contributed by atoms with Crippen molar-refractivity contribution in [2.24, 2.45) is 0 Å². The molecule has 1 aromatic carbocycles. The zero-order chi connectivity index (χ0) is 19.1. The lowest BCUT2D eigenvalue weighted by atomic mass is 10.0. The molecule has 28 heavy (non-hydrogen) atoms. The van der Waals surface area contributed by atoms with Crippen LogP contribution in [0.4, 0.5) is 4.79 Å². The van der Waals surface area contributed by atoms with E-state index in [2.05, 4.69) is 20.5 Å². The Labute approximate surface area is 167 Å². The van der Waals surface area contributed by atoms with Crippen molar-refractivity contribution in [2.45, 2.75) is 31.3 Å². The summed E-state index contributed by atoms with van der Waals surface area (Å²) in [7, 11) is 0. The number of halogens is 1. The Hall–Kier alpha value is -2.86. The minimum atomic E-state index is -0.285. The average molecular weight is 394 g/mol. The summed E-state index contributed by atoms with van der Waals surface area (Å²) in [4.78, 5) is 19.0. The predicted molar refractivity (Wildman–Crippen MR) is 107 cm³/mol. The van der Waals surface area contributed by atoms with Crippen LogP contribution in [-0.4, -0.2) is 32.7 Å². The fourth-order valence-corrected chi connectivity index (χ4v) is 4.09. The first-order chi connectivity index (χ1) is 13.6. The molecule has 1 saturated carbocycles. The number of H-pyrrole nitrogens is 1. The maximum Gasteiger partial charge on any atom is 0.318 e. The molecular weight excluding hydrogens is 374 g/mol. The Morgan fingerprint density at radius 3 is 2.79 bits per heavy atom. The third-order valence-corrected chi connectivity index (χ3v) is 5.88. The average Bonchev–Trinajstić information content (AvgIpc) is 3.38. The Morgan fingerprint density at radius 1 is 1.21 bits per heavy atom. The topological polar surface area (TPSA) is 73.9 Å². The van der Waals surface area contributed by atoms with Crippen LogP contribution in [0.2, 0.25) is 5.02 Å². The molecule has 7 heteroatoms. The number of carbonyl (C=O) groups excluding carboxylic acids is 1. The summed E-state index contributed by atoms with van der Waals surface area (Å²) in [5.74, 6) is 0. The highest BCUT2D eigenvalue weighted by Gasteiger charge is 2.46. The molecule has 0 bridgehead atoms. The molecule has 2 N–H and O–H groups in total. The van der Waals surface area contributed by atoms with Crippen molar-refractivity contribution in [3.05, 3.63) is 70.6 Å². The number of nitrogens with zero attached hydrogens (tertiary/aromatic N) is 3. The highest BCUT2D eigenvalue weighted by Crippen LogP contribution is 2.46. The SMILES string of the molecule is O=C(NC1(c2cccc(Cl)c2)CC1)N1CCc2[nH]nc(-c3ccncc3)c2C1. The van der Waals surface area contributed by atoms with Crippen LogP contribution in [0.25, 0.3) is 11.3 Å². The summed E-state index contributed by atoms with van der Waals surface area (Å²) < 4.78 is 0. The number of aromatic nitrogens is 3. The number of hydrogen-bond donors (Lipinski definition) is 2. The molecule has 1 aliphatic carbocycles. The fourth-order valence-electron chi connectivity index (χ4n) is 3.90. The lowest BCUT2D eigenvalue weighted by Gasteiger charge is -2.30. The van der Waals surface area contributed by atoms with Crippen molar-refractivity contribution >= 4 is 17.6 Å². The zero-order valence-electron chi connectivity index (χ0n) is 15.3. The number of fused-ring (bicyclic) bond motifs is 1. The maximum absolute atomic E-state index is 13.0. The first-order valence-electron chi connectivity index (χ1n) is 9.44. The van der Waals surface area contributed by atoms with Gasteiger partial charge in [-0.25, -0.2) is 4.79 Å². The summed E-state index contributed by atoms with van der Waals surface area (Å²) >= 11 is 6.15. The third-order valence-electron chi connectivity index (χ3n) is 5.65. The second-order valence-electron chi connectivity index (χ2n) is 7.46. The monoisotopic (exact) mass is 393 g/mol. The molecule has 5 rings (SSSR count). The van der Waals surface area contributed by atoms with Gasteiger partial charge < -0.3 is 10.2 Å². The number of amides is 2. The molecule has 1 aliphatic heterocycles. The summed E-state index contributed by atoms with van der Waals surface area (Å²) in [5.41, 5.74) is 4.88. The Kier molecular flexibility index (Phi) is 4.09. The van der Waals surface area contributed by atoms with Crippen molar-refractivity contribution in [1.82, 2.24) is 25.4 Å². The molecule has 0 saturated heterocycles. The van der Waals surface area contributed by atoms with Crippen LogP contribution in [0.1, 0.15) is 29.7 Å². The number of nitrogens with one attached hydrogen (secondary N) is 2. The normalized spacial score (nSPS) is 17.1. The smallest absolute Gasteiger partial charge is 0.318 e. The van der Waals surface area contributed by atoms with Gasteiger partial charge in [0.15, 0.2) is 0 Å². The minimum Gasteiger partial charge on any atom is -0.328 e. The Morgan fingerprint density at radius 2 is 2.04 bits per heavy atom. The van der Waals surface area contributed by atoms with E-state index in [4.69, 9.17) is 11.6 Å². The molecule has 0 radical (unpaired) electrons. The van der Waals surface area contributed by atoms with E-state index < -0.39 is 0 Å². The van der Waals surface area contributed by atoms with Gasteiger partial charge in [-0.3, -0.25) is 10.1 Å². The van der Waals surface area contributed by atoms with E-state index in [9.17, 15) is 4.79 Å². The van der Waals surface area contributed by atoms with E-state index >= 15 is 0 Å². The van der Waals surface area contributed by atoms with Gasteiger partial charge in [0.25, 0.3) is 0 Å². The molecule has 1 fully saturated rings. The second-order valence-corrected chi connectivity index (χ2v) is 7.90. The van der Waals surface area contributed by atoms with Crippen molar-refractivity contribution in [3.63, 3.8) is 0 Å². The highest BCUT2D eigenvalue weighted by molar-refractivity contribution is 6.30. The van der Waals surface area contributed by atoms with E-state index in [1.54, 1.807) is 12.4 Å². The summed E-state index contributed by atoms with van der Waals surface area (Å²) in [6.45, 7) is 1.21. The number of urea groups is 1. The molecule has 0 unspecified atom stereocenters. The molecule has 6 nitrogen and oxygen atoms in total. The van der Waals surface area contributed by atoms with E-state index in [-0.39, 0.29) is 11.6 Å². The first kappa shape index (κ1) is 17.3. The molecule has 2 aromatic heterocycles. The highest BCUT2D eigenvalue weighted by atomic mass is 35.5. The van der Waals surface area contributed by atoms with Gasteiger partial charge in [0, 0.05) is 47.2 Å². The number of benzene rings is 1. The number of rotatable bonds is 3. The summed E-state index contributed by atoms with van der Waals surface area (Å²) in [5, 5.41) is 11.6. The van der Waals surface area contributed by atoms with Crippen molar-refractivity contribution in [2.75, 3.05) is 6.54 Å². The van der Waals surface area contributed by atoms with Gasteiger partial charge in [0.2, 0.25) is 0 Å². The van der Waals surface area contributed by atoms with Gasteiger partial charge in [-0.2, -0.15) is 5.10 Å². The van der Waals surface area contributed by atoms with E-state index in [0.29, 0.717) is 18.1 Å². The lowest BCUT2D eigenvalue weighted by Crippen LogP contribution is -2.46. The quantitative estimate of drug-likeness (QED) is 0.709. The first-order valence-corrected chi connectivity index (χ1v) is 9.82. The Bertz CT molecular complexity index is 1030. The molecule has 0 atom stereocenters. The van der Waals surface area contributed by atoms with Gasteiger partial charge in [0.1, 0.15) is 0 Å². The van der Waals surface area contributed by atoms with Crippen LogP contribution in [0.15, 0.2) is 48.8 Å². The third kappa shape index (κ3) is 3.03. The van der Waals surface area contributed by atoms with E-state index in [1.807, 2.05) is 41.3 Å². The van der Waals surface area contributed by atoms with Crippen LogP contribution in [0.5, 0.6) is 0 Å². The van der Waals surface area contributed by atoms with Crippen molar-refractivity contribution in [3.8, 4) is 11.3 Å². The molecule has 2 aliphatic rings. The molecule has 3 heterocycles. The Balaban J connectivity index is 1.35. The molecule has 0 spiro atoms. The van der Waals surface area contributed by atoms with Crippen molar-refractivity contribution < 1.29 is 4.79 Å². The number of carbonyl (C=O) groups is 1. The van der Waals surface area contributed by atoms with Gasteiger partial charge >= 0.3 is 6.03 Å². The minimum absolute atomic E-state index is 0.0370. The van der Waals surface area contributed by atoms with Crippen LogP contribution >= 0.6 is 11.6 Å². The molecular formula is C21H20ClN5O. The standard InChI is InChI=1S/C21H20ClN5O/c22-16-3-1-2-15(12-16)21(7-8-21)24-20(28)27-11-6-18-17(13-27)19(26-25-18)14-4-9-23-10-5-14/h1-5,9-10,12H,6-8,11,13H2,(H,24,28)(H,25,26). The van der Waals surface area contributed by atoms with Gasteiger partial charge in [-0.1, -0.05) is 23.7 Å². The van der Waals surface area contributed by atoms with E-state index in [0.717, 1.165) is 47.3 Å². The number of hydrogen-bond acceptors (Lipinski definition) is 3. The van der Waals surface area contributed by atoms with Gasteiger partial charge in [-0.15, -0.1) is 0 Å². The van der Waals surface area contributed by atoms with Crippen LogP contribution < -0.4 is 5.32 Å². The molecule has 142 valence electrons. The largest absolute Gasteiger partial charge is 0.328 e. The summed E-state index contributed by atoms with van der Waals surface area (Å²) in [6.07, 6.45) is 6.15. The molecule has 2 amide bonds. The van der Waals surface area contributed by atoms with Gasteiger partial charge in [-0.05, 0) is 42.7 Å².